The maximum Gasteiger partial charge on any atom is 0.223 e. The average Bonchev–Trinajstić information content (AvgIpc) is 2.46. The van der Waals surface area contributed by atoms with Crippen molar-refractivity contribution in [1.29, 1.82) is 0 Å². The first-order chi connectivity index (χ1) is 9.65. The molecule has 0 aliphatic carbocycles. The first-order valence-electron chi connectivity index (χ1n) is 7.38. The number of benzene rings is 1. The molecule has 3 nitrogen and oxygen atoms in total. The Kier molecular flexibility index (Phi) is 5.92. The van der Waals surface area contributed by atoms with E-state index in [2.05, 4.69) is 36.6 Å². The van der Waals surface area contributed by atoms with Crippen LogP contribution in [0.1, 0.15) is 26.7 Å². The van der Waals surface area contributed by atoms with E-state index in [1.165, 1.54) is 4.90 Å². The van der Waals surface area contributed by atoms with E-state index in [1.54, 1.807) is 11.8 Å². The van der Waals surface area contributed by atoms with Gasteiger partial charge in [-0.1, -0.05) is 25.1 Å². The summed E-state index contributed by atoms with van der Waals surface area (Å²) in [5, 5.41) is 6.87. The maximum absolute atomic E-state index is 12.2. The van der Waals surface area contributed by atoms with Gasteiger partial charge in [0.15, 0.2) is 0 Å². The molecule has 3 atom stereocenters. The van der Waals surface area contributed by atoms with Crippen LogP contribution < -0.4 is 10.6 Å². The number of nitrogens with one attached hydrogen (secondary N) is 2. The standard InChI is InChI=1S/C16H24N2OS/c1-12-10-14(8-9-17-12)16(19)18-11-13(2)20-15-6-4-3-5-7-15/h3-7,12-14,17H,8-11H2,1-2H3,(H,18,19)/t12-,13?,14-/m0/s1. The molecule has 1 amide bonds. The van der Waals surface area contributed by atoms with Crippen molar-refractivity contribution in [2.45, 2.75) is 42.9 Å². The fourth-order valence-electron chi connectivity index (χ4n) is 2.53. The Morgan fingerprint density at radius 2 is 2.20 bits per heavy atom. The number of hydrogen-bond acceptors (Lipinski definition) is 3. The number of carbonyl (C=O) groups is 1. The van der Waals surface area contributed by atoms with E-state index in [9.17, 15) is 4.79 Å². The number of thioether (sulfide) groups is 1. The monoisotopic (exact) mass is 292 g/mol. The molecule has 1 heterocycles. The molecule has 1 aliphatic heterocycles. The molecule has 1 aliphatic rings. The highest BCUT2D eigenvalue weighted by Crippen LogP contribution is 2.22. The van der Waals surface area contributed by atoms with Crippen molar-refractivity contribution >= 4 is 17.7 Å². The van der Waals surface area contributed by atoms with E-state index in [1.807, 2.05) is 18.2 Å². The van der Waals surface area contributed by atoms with Crippen LogP contribution in [0.15, 0.2) is 35.2 Å². The molecule has 1 fully saturated rings. The van der Waals surface area contributed by atoms with Gasteiger partial charge in [-0.05, 0) is 38.4 Å². The summed E-state index contributed by atoms with van der Waals surface area (Å²) in [6, 6.07) is 10.8. The third kappa shape index (κ3) is 4.84. The molecule has 1 unspecified atom stereocenters. The summed E-state index contributed by atoms with van der Waals surface area (Å²) in [6.07, 6.45) is 1.91. The molecule has 2 rings (SSSR count). The van der Waals surface area contributed by atoms with E-state index < -0.39 is 0 Å². The van der Waals surface area contributed by atoms with Crippen molar-refractivity contribution < 1.29 is 4.79 Å². The van der Waals surface area contributed by atoms with Crippen LogP contribution in [0.5, 0.6) is 0 Å². The van der Waals surface area contributed by atoms with E-state index in [4.69, 9.17) is 0 Å². The minimum absolute atomic E-state index is 0.181. The Morgan fingerprint density at radius 1 is 1.45 bits per heavy atom. The first-order valence-corrected chi connectivity index (χ1v) is 8.26. The molecule has 20 heavy (non-hydrogen) atoms. The second-order valence-corrected chi connectivity index (χ2v) is 7.07. The lowest BCUT2D eigenvalue weighted by atomic mass is 9.92. The van der Waals surface area contributed by atoms with Gasteiger partial charge >= 0.3 is 0 Å². The molecule has 1 aromatic rings. The Bertz CT molecular complexity index is 424. The van der Waals surface area contributed by atoms with E-state index >= 15 is 0 Å². The SMILES string of the molecule is CC(CNC(=O)[C@H]1CCN[C@@H](C)C1)Sc1ccccc1. The summed E-state index contributed by atoms with van der Waals surface area (Å²) in [5.41, 5.74) is 0. The molecule has 0 saturated carbocycles. The zero-order valence-corrected chi connectivity index (χ0v) is 13.1. The predicted molar refractivity (Wildman–Crippen MR) is 85.0 cm³/mol. The smallest absolute Gasteiger partial charge is 0.223 e. The summed E-state index contributed by atoms with van der Waals surface area (Å²) in [5.74, 6) is 0.402. The Labute approximate surface area is 125 Å². The average molecular weight is 292 g/mol. The van der Waals surface area contributed by atoms with Crippen LogP contribution in [0.3, 0.4) is 0 Å². The highest BCUT2D eigenvalue weighted by molar-refractivity contribution is 8.00. The molecule has 0 radical (unpaired) electrons. The van der Waals surface area contributed by atoms with Crippen LogP contribution >= 0.6 is 11.8 Å². The second kappa shape index (κ2) is 7.70. The predicted octanol–water partition coefficient (Wildman–Crippen LogP) is 2.67. The molecular weight excluding hydrogens is 268 g/mol. The van der Waals surface area contributed by atoms with Crippen LogP contribution in [0.4, 0.5) is 0 Å². The minimum atomic E-state index is 0.181. The number of hydrogen-bond donors (Lipinski definition) is 2. The summed E-state index contributed by atoms with van der Waals surface area (Å²) in [4.78, 5) is 13.4. The zero-order valence-electron chi connectivity index (χ0n) is 12.3. The number of amides is 1. The van der Waals surface area contributed by atoms with Gasteiger partial charge in [-0.25, -0.2) is 0 Å². The van der Waals surface area contributed by atoms with Gasteiger partial charge in [-0.15, -0.1) is 11.8 Å². The van der Waals surface area contributed by atoms with Gasteiger partial charge in [0.05, 0.1) is 0 Å². The van der Waals surface area contributed by atoms with Crippen molar-refractivity contribution in [3.8, 4) is 0 Å². The number of rotatable bonds is 5. The molecule has 1 saturated heterocycles. The summed E-state index contributed by atoms with van der Waals surface area (Å²) in [7, 11) is 0. The maximum atomic E-state index is 12.2. The zero-order chi connectivity index (χ0) is 14.4. The summed E-state index contributed by atoms with van der Waals surface area (Å²) >= 11 is 1.81. The molecule has 0 aromatic heterocycles. The van der Waals surface area contributed by atoms with Crippen molar-refractivity contribution in [1.82, 2.24) is 10.6 Å². The van der Waals surface area contributed by atoms with Crippen LogP contribution in [0, 0.1) is 5.92 Å². The van der Waals surface area contributed by atoms with E-state index in [0.29, 0.717) is 11.3 Å². The molecule has 2 N–H and O–H groups in total. The number of carbonyl (C=O) groups excluding carboxylic acids is 1. The first kappa shape index (κ1) is 15.4. The van der Waals surface area contributed by atoms with Gasteiger partial charge in [0.1, 0.15) is 0 Å². The van der Waals surface area contributed by atoms with E-state index in [-0.39, 0.29) is 11.8 Å². The largest absolute Gasteiger partial charge is 0.355 e. The van der Waals surface area contributed by atoms with Crippen LogP contribution in [0.25, 0.3) is 0 Å². The quantitative estimate of drug-likeness (QED) is 0.820. The Hall–Kier alpha value is -1.00. The lowest BCUT2D eigenvalue weighted by molar-refractivity contribution is -0.126. The van der Waals surface area contributed by atoms with Gasteiger partial charge in [0.2, 0.25) is 5.91 Å². The van der Waals surface area contributed by atoms with Crippen molar-refractivity contribution in [3.05, 3.63) is 30.3 Å². The normalized spacial score (nSPS) is 24.1. The highest BCUT2D eigenvalue weighted by atomic mass is 32.2. The van der Waals surface area contributed by atoms with Gasteiger partial charge < -0.3 is 10.6 Å². The van der Waals surface area contributed by atoms with Gasteiger partial charge in [0.25, 0.3) is 0 Å². The summed E-state index contributed by atoms with van der Waals surface area (Å²) < 4.78 is 0. The third-order valence-electron chi connectivity index (χ3n) is 3.64. The molecular formula is C16H24N2OS. The van der Waals surface area contributed by atoms with Gasteiger partial charge in [-0.3, -0.25) is 4.79 Å². The fraction of sp³-hybridized carbons (Fsp3) is 0.562. The number of piperidine rings is 1. The molecule has 110 valence electrons. The van der Waals surface area contributed by atoms with Crippen LogP contribution in [0.2, 0.25) is 0 Å². The molecule has 4 heteroatoms. The molecule has 0 bridgehead atoms. The summed E-state index contributed by atoms with van der Waals surface area (Å²) in [6.45, 7) is 5.99. The highest BCUT2D eigenvalue weighted by Gasteiger charge is 2.24. The second-order valence-electron chi connectivity index (χ2n) is 5.56. The third-order valence-corrected chi connectivity index (χ3v) is 4.75. The molecule has 0 spiro atoms. The lowest BCUT2D eigenvalue weighted by Gasteiger charge is -2.27. The van der Waals surface area contributed by atoms with Crippen molar-refractivity contribution in [2.24, 2.45) is 5.92 Å². The van der Waals surface area contributed by atoms with E-state index in [0.717, 1.165) is 25.9 Å². The van der Waals surface area contributed by atoms with Crippen molar-refractivity contribution in [2.75, 3.05) is 13.1 Å². The lowest BCUT2D eigenvalue weighted by Crippen LogP contribution is -2.43. The van der Waals surface area contributed by atoms with Crippen LogP contribution in [-0.4, -0.2) is 30.3 Å². The topological polar surface area (TPSA) is 41.1 Å². The Balaban J connectivity index is 1.72. The van der Waals surface area contributed by atoms with Gasteiger partial charge in [0, 0.05) is 28.6 Å². The minimum Gasteiger partial charge on any atom is -0.355 e. The van der Waals surface area contributed by atoms with Gasteiger partial charge in [-0.2, -0.15) is 0 Å². The van der Waals surface area contributed by atoms with Crippen LogP contribution in [-0.2, 0) is 4.79 Å². The Morgan fingerprint density at radius 3 is 2.90 bits per heavy atom. The van der Waals surface area contributed by atoms with Crippen molar-refractivity contribution in [3.63, 3.8) is 0 Å². The fourth-order valence-corrected chi connectivity index (χ4v) is 3.48. The molecule has 1 aromatic carbocycles.